The number of anilines is 2. The van der Waals surface area contributed by atoms with Crippen LogP contribution < -0.4 is 16.0 Å². The number of para-hydroxylation sites is 1. The highest BCUT2D eigenvalue weighted by Gasteiger charge is 2.56. The number of imide groups is 1. The molecule has 4 amide bonds. The van der Waals surface area contributed by atoms with E-state index in [1.54, 1.807) is 25.4 Å². The van der Waals surface area contributed by atoms with E-state index in [4.69, 9.17) is 5.73 Å². The van der Waals surface area contributed by atoms with Crippen LogP contribution in [0.1, 0.15) is 50.5 Å². The van der Waals surface area contributed by atoms with E-state index in [2.05, 4.69) is 10.3 Å². The molecule has 2 aliphatic carbocycles. The van der Waals surface area contributed by atoms with Crippen LogP contribution in [-0.2, 0) is 16.0 Å². The number of benzene rings is 1. The maximum absolute atomic E-state index is 13.7. The predicted molar refractivity (Wildman–Crippen MR) is 138 cm³/mol. The number of likely N-dealkylation sites (tertiary alicyclic amines) is 1. The molecular formula is C28H35N5O3. The molecule has 1 aromatic heterocycles. The van der Waals surface area contributed by atoms with Crippen LogP contribution in [0.15, 0.2) is 48.7 Å². The lowest BCUT2D eigenvalue weighted by molar-refractivity contribution is -0.156. The van der Waals surface area contributed by atoms with E-state index in [9.17, 15) is 14.4 Å². The molecule has 8 nitrogen and oxygen atoms in total. The van der Waals surface area contributed by atoms with Crippen molar-refractivity contribution in [3.05, 3.63) is 54.2 Å². The lowest BCUT2D eigenvalue weighted by Gasteiger charge is -2.46. The third-order valence-corrected chi connectivity index (χ3v) is 8.04. The molecule has 190 valence electrons. The van der Waals surface area contributed by atoms with Gasteiger partial charge in [-0.1, -0.05) is 37.5 Å². The van der Waals surface area contributed by atoms with E-state index < -0.39 is 18.0 Å². The van der Waals surface area contributed by atoms with Gasteiger partial charge in [0.2, 0.25) is 5.91 Å². The molecule has 2 aromatic rings. The van der Waals surface area contributed by atoms with Gasteiger partial charge in [0.05, 0.1) is 5.92 Å². The molecule has 3 atom stereocenters. The van der Waals surface area contributed by atoms with Crippen LogP contribution in [0.5, 0.6) is 0 Å². The third kappa shape index (κ3) is 4.94. The zero-order valence-corrected chi connectivity index (χ0v) is 20.8. The van der Waals surface area contributed by atoms with Crippen molar-refractivity contribution in [2.24, 2.45) is 17.8 Å². The normalized spacial score (nSPS) is 23.0. The summed E-state index contributed by atoms with van der Waals surface area (Å²) in [5, 5.41) is 3.20. The van der Waals surface area contributed by atoms with Gasteiger partial charge in [-0.15, -0.1) is 0 Å². The van der Waals surface area contributed by atoms with Crippen LogP contribution in [0.4, 0.5) is 16.3 Å². The number of pyridine rings is 1. The van der Waals surface area contributed by atoms with Crippen LogP contribution >= 0.6 is 0 Å². The van der Waals surface area contributed by atoms with Crippen LogP contribution in [0, 0.1) is 17.8 Å². The van der Waals surface area contributed by atoms with E-state index in [-0.39, 0.29) is 17.9 Å². The highest BCUT2D eigenvalue weighted by Crippen LogP contribution is 2.41. The number of aromatic nitrogens is 1. The fourth-order valence-electron chi connectivity index (χ4n) is 5.89. The van der Waals surface area contributed by atoms with Gasteiger partial charge < -0.3 is 16.0 Å². The zero-order chi connectivity index (χ0) is 25.2. The van der Waals surface area contributed by atoms with Crippen LogP contribution in [-0.4, -0.2) is 46.9 Å². The molecule has 2 saturated carbocycles. The molecule has 2 heterocycles. The van der Waals surface area contributed by atoms with E-state index in [1.807, 2.05) is 30.3 Å². The fourth-order valence-corrected chi connectivity index (χ4v) is 5.89. The lowest BCUT2D eigenvalue weighted by atomic mass is 9.80. The first kappa shape index (κ1) is 24.3. The minimum atomic E-state index is -0.872. The number of amides is 4. The monoisotopic (exact) mass is 489 g/mol. The summed E-state index contributed by atoms with van der Waals surface area (Å²) in [4.78, 5) is 47.3. The van der Waals surface area contributed by atoms with Gasteiger partial charge in [-0.3, -0.25) is 14.5 Å². The largest absolute Gasteiger partial charge is 0.384 e. The van der Waals surface area contributed by atoms with Gasteiger partial charge >= 0.3 is 6.03 Å². The summed E-state index contributed by atoms with van der Waals surface area (Å²) in [6.45, 7) is 0. The van der Waals surface area contributed by atoms with E-state index in [0.717, 1.165) is 36.1 Å². The molecular weight excluding hydrogens is 454 g/mol. The van der Waals surface area contributed by atoms with Crippen molar-refractivity contribution in [2.45, 2.75) is 63.5 Å². The van der Waals surface area contributed by atoms with Gasteiger partial charge in [0, 0.05) is 25.0 Å². The van der Waals surface area contributed by atoms with Crippen molar-refractivity contribution in [3.63, 3.8) is 0 Å². The minimum Gasteiger partial charge on any atom is -0.384 e. The average molecular weight is 490 g/mol. The number of nitrogens with zero attached hydrogens (tertiary/aromatic N) is 3. The molecule has 1 unspecified atom stereocenters. The Balaban J connectivity index is 1.37. The van der Waals surface area contributed by atoms with Crippen LogP contribution in [0.2, 0.25) is 0 Å². The smallest absolute Gasteiger partial charge is 0.325 e. The maximum Gasteiger partial charge on any atom is 0.325 e. The Labute approximate surface area is 212 Å². The van der Waals surface area contributed by atoms with Gasteiger partial charge in [0.15, 0.2) is 0 Å². The number of carbonyl (C=O) groups is 3. The first-order valence-corrected chi connectivity index (χ1v) is 13.1. The summed E-state index contributed by atoms with van der Waals surface area (Å²) in [5.74, 6) is 0.0566. The number of likely N-dealkylation sites (N-methyl/N-ethyl adjacent to an activating group) is 1. The van der Waals surface area contributed by atoms with Crippen molar-refractivity contribution in [2.75, 3.05) is 17.7 Å². The summed E-state index contributed by atoms with van der Waals surface area (Å²) in [5.41, 5.74) is 7.37. The average Bonchev–Trinajstić information content (AvgIpc) is 3.74. The Morgan fingerprint density at radius 3 is 2.44 bits per heavy atom. The fraction of sp³-hybridized carbons (Fsp3) is 0.500. The summed E-state index contributed by atoms with van der Waals surface area (Å²) < 4.78 is 0. The summed E-state index contributed by atoms with van der Waals surface area (Å²) in [6.07, 6.45) is 9.98. The van der Waals surface area contributed by atoms with Crippen molar-refractivity contribution < 1.29 is 14.4 Å². The molecule has 5 rings (SSSR count). The number of nitrogens with two attached hydrogens (primary N) is 1. The summed E-state index contributed by atoms with van der Waals surface area (Å²) in [7, 11) is 1.69. The Hall–Kier alpha value is -3.42. The van der Waals surface area contributed by atoms with Crippen molar-refractivity contribution in [3.8, 4) is 0 Å². The second-order valence-corrected chi connectivity index (χ2v) is 10.5. The topological polar surface area (TPSA) is 109 Å². The van der Waals surface area contributed by atoms with Gasteiger partial charge in [0.25, 0.3) is 5.91 Å². The molecule has 3 aliphatic rings. The molecule has 1 aliphatic heterocycles. The number of β-lactam (4-membered cyclic amide) rings is 1. The van der Waals surface area contributed by atoms with Gasteiger partial charge in [-0.25, -0.2) is 9.78 Å². The van der Waals surface area contributed by atoms with E-state index >= 15 is 0 Å². The first-order chi connectivity index (χ1) is 17.4. The number of hydrogen-bond acceptors (Lipinski definition) is 5. The summed E-state index contributed by atoms with van der Waals surface area (Å²) in [6, 6.07) is 11.6. The number of nitrogen functional groups attached to an aromatic ring is 1. The van der Waals surface area contributed by atoms with Gasteiger partial charge in [-0.2, -0.15) is 0 Å². The van der Waals surface area contributed by atoms with Crippen molar-refractivity contribution in [1.29, 1.82) is 0 Å². The standard InChI is InChI=1S/C28H35N5O3/c1-32(21-10-6-3-7-11-21)27(35)25-22(16-18-14-15-30-23(29)17-18)26(34)33(25)28(36)31-24(20-12-13-20)19-8-4-2-5-9-19/h3,6-7,10-11,14-15,17,19-20,22,24-25H,2,4-5,8-9,12-13,16H2,1H3,(H2,29,30)(H,31,36)/t22?,24-,25+/m1/s1. The SMILES string of the molecule is CN(C(=O)[C@@H]1C(Cc2ccnc(N)c2)C(=O)N1C(=O)N[C@H](C1CCCCC1)C1CC1)c1ccccc1. The molecule has 1 aromatic carbocycles. The molecule has 8 heteroatoms. The minimum absolute atomic E-state index is 0.0762. The molecule has 1 saturated heterocycles. The van der Waals surface area contributed by atoms with E-state index in [1.165, 1.54) is 24.2 Å². The molecule has 0 radical (unpaired) electrons. The number of urea groups is 1. The van der Waals surface area contributed by atoms with Crippen LogP contribution in [0.3, 0.4) is 0 Å². The molecule has 36 heavy (non-hydrogen) atoms. The van der Waals surface area contributed by atoms with Gasteiger partial charge in [0.1, 0.15) is 11.9 Å². The van der Waals surface area contributed by atoms with Gasteiger partial charge in [-0.05, 0) is 73.8 Å². The second kappa shape index (κ2) is 10.3. The maximum atomic E-state index is 13.7. The highest BCUT2D eigenvalue weighted by atomic mass is 16.2. The molecule has 0 bridgehead atoms. The Morgan fingerprint density at radius 2 is 1.78 bits per heavy atom. The third-order valence-electron chi connectivity index (χ3n) is 8.04. The Kier molecular flexibility index (Phi) is 6.94. The highest BCUT2D eigenvalue weighted by molar-refractivity contribution is 6.12. The number of hydrogen-bond donors (Lipinski definition) is 2. The lowest BCUT2D eigenvalue weighted by Crippen LogP contribution is -2.71. The molecule has 0 spiro atoms. The number of rotatable bonds is 7. The van der Waals surface area contributed by atoms with Crippen molar-refractivity contribution >= 4 is 29.4 Å². The Morgan fingerprint density at radius 1 is 1.08 bits per heavy atom. The van der Waals surface area contributed by atoms with Crippen molar-refractivity contribution in [1.82, 2.24) is 15.2 Å². The quantitative estimate of drug-likeness (QED) is 0.576. The summed E-state index contributed by atoms with van der Waals surface area (Å²) >= 11 is 0. The number of nitrogens with one attached hydrogen (secondary N) is 1. The first-order valence-electron chi connectivity index (χ1n) is 13.1. The molecule has 3 fully saturated rings. The zero-order valence-electron chi connectivity index (χ0n) is 20.8. The van der Waals surface area contributed by atoms with E-state index in [0.29, 0.717) is 29.8 Å². The number of carbonyl (C=O) groups excluding carboxylic acids is 3. The predicted octanol–water partition coefficient (Wildman–Crippen LogP) is 3.76. The molecule has 3 N–H and O–H groups in total. The second-order valence-electron chi connectivity index (χ2n) is 10.5. The Bertz CT molecular complexity index is 1110. The van der Waals surface area contributed by atoms with Crippen LogP contribution in [0.25, 0.3) is 0 Å².